The summed E-state index contributed by atoms with van der Waals surface area (Å²) in [5, 5.41) is -4.17. The van der Waals surface area contributed by atoms with Gasteiger partial charge in [0.2, 0.25) is 0 Å². The number of hydrogen-bond donors (Lipinski definition) is 0. The zero-order valence-corrected chi connectivity index (χ0v) is 18.7. The quantitative estimate of drug-likeness (QED) is 0.367. The van der Waals surface area contributed by atoms with E-state index >= 15 is 0 Å². The Labute approximate surface area is 182 Å². The molecule has 0 aromatic heterocycles. The summed E-state index contributed by atoms with van der Waals surface area (Å²) in [6.45, 7) is 0. The molecule has 0 atom stereocenters. The van der Waals surface area contributed by atoms with E-state index in [0.29, 0.717) is 0 Å². The van der Waals surface area contributed by atoms with Gasteiger partial charge in [-0.1, -0.05) is 0 Å². The summed E-state index contributed by atoms with van der Waals surface area (Å²) in [4.78, 5) is 0. The van der Waals surface area contributed by atoms with Crippen LogP contribution in [0.2, 0.25) is 30.1 Å². The molecule has 12 heteroatoms. The fourth-order valence-corrected chi connectivity index (χ4v) is 5.77. The Bertz CT molecular complexity index is 693. The number of hydrogen-bond acceptors (Lipinski definition) is 2. The standard InChI is InChI=1S/C12H4Cl9O2P/c13-5-1-7(15)11(8(16)2-5)22-24(19,20,21)23-12-9(17)3-6(14)4-10(12)18/h1-4H. The average molecular weight is 530 g/mol. The second kappa shape index (κ2) is 7.60. The Morgan fingerprint density at radius 3 is 1.04 bits per heavy atom. The summed E-state index contributed by atoms with van der Waals surface area (Å²) in [5.41, 5.74) is 0. The molecule has 0 N–H and O–H groups in total. The second-order valence-electron chi connectivity index (χ2n) is 4.26. The molecule has 0 bridgehead atoms. The summed E-state index contributed by atoms with van der Waals surface area (Å²) in [5.74, 6) is -0.219. The monoisotopic (exact) mass is 526 g/mol. The van der Waals surface area contributed by atoms with Crippen molar-refractivity contribution in [2.75, 3.05) is 0 Å². The molecule has 2 nitrogen and oxygen atoms in total. The van der Waals surface area contributed by atoms with Crippen LogP contribution >= 0.6 is 108 Å². The topological polar surface area (TPSA) is 18.5 Å². The Morgan fingerprint density at radius 1 is 0.542 bits per heavy atom. The summed E-state index contributed by atoms with van der Waals surface area (Å²) >= 11 is 54.1. The normalized spacial score (nSPS) is 13.3. The molecular weight excluding hydrogens is 526 g/mol. The van der Waals surface area contributed by atoms with E-state index in [-0.39, 0.29) is 41.6 Å². The van der Waals surface area contributed by atoms with Gasteiger partial charge in [0, 0.05) is 0 Å². The average Bonchev–Trinajstić information content (AvgIpc) is 2.38. The van der Waals surface area contributed by atoms with Crippen LogP contribution in [0.4, 0.5) is 0 Å². The molecule has 0 saturated heterocycles. The van der Waals surface area contributed by atoms with Gasteiger partial charge in [0.05, 0.1) is 0 Å². The molecule has 0 radical (unpaired) electrons. The van der Waals surface area contributed by atoms with Crippen LogP contribution in [0.25, 0.3) is 0 Å². The van der Waals surface area contributed by atoms with Gasteiger partial charge in [-0.15, -0.1) is 0 Å². The van der Waals surface area contributed by atoms with Gasteiger partial charge in [-0.3, -0.25) is 0 Å². The summed E-state index contributed by atoms with van der Waals surface area (Å²) in [7, 11) is 0. The minimum atomic E-state index is -4.84. The molecule has 0 spiro atoms. The van der Waals surface area contributed by atoms with Crippen molar-refractivity contribution in [1.82, 2.24) is 0 Å². The fraction of sp³-hybridized carbons (Fsp3) is 0. The summed E-state index contributed by atoms with van der Waals surface area (Å²) in [6.07, 6.45) is 0. The molecule has 0 unspecified atom stereocenters. The number of benzene rings is 2. The van der Waals surface area contributed by atoms with Crippen LogP contribution in [0.5, 0.6) is 11.5 Å². The van der Waals surface area contributed by atoms with Crippen molar-refractivity contribution in [3.05, 3.63) is 54.4 Å². The van der Waals surface area contributed by atoms with E-state index in [4.69, 9.17) is 112 Å². The first-order chi connectivity index (χ1) is 10.9. The van der Waals surface area contributed by atoms with Crippen molar-refractivity contribution in [2.45, 2.75) is 0 Å². The van der Waals surface area contributed by atoms with Crippen LogP contribution in [-0.4, -0.2) is 0 Å². The van der Waals surface area contributed by atoms with Gasteiger partial charge >= 0.3 is 183 Å². The maximum absolute atomic E-state index is 6.14. The molecule has 0 aliphatic carbocycles. The molecule has 0 saturated carbocycles. The molecule has 132 valence electrons. The molecule has 0 fully saturated rings. The molecule has 0 heterocycles. The van der Waals surface area contributed by atoms with Crippen molar-refractivity contribution < 1.29 is 9.05 Å². The number of halogens is 9. The zero-order chi connectivity index (χ0) is 18.3. The third-order valence-corrected chi connectivity index (χ3v) is 6.12. The molecule has 2 rings (SSSR count). The van der Waals surface area contributed by atoms with Crippen molar-refractivity contribution in [2.24, 2.45) is 0 Å². The van der Waals surface area contributed by atoms with Gasteiger partial charge in [0.1, 0.15) is 0 Å². The van der Waals surface area contributed by atoms with Crippen molar-refractivity contribution >= 4 is 108 Å². The van der Waals surface area contributed by atoms with E-state index in [2.05, 4.69) is 0 Å². The van der Waals surface area contributed by atoms with E-state index < -0.39 is 5.12 Å². The SMILES string of the molecule is Clc1cc(Cl)c(OP(Cl)(Cl)(Cl)Oc2c(Cl)cc(Cl)cc2Cl)c(Cl)c1. The third-order valence-electron chi connectivity index (χ3n) is 2.39. The summed E-state index contributed by atoms with van der Waals surface area (Å²) in [6, 6.07) is 5.46. The molecular formula is C12H4Cl9O2P. The Kier molecular flexibility index (Phi) is 6.77. The fourth-order valence-electron chi connectivity index (χ4n) is 1.53. The molecule has 0 aliphatic heterocycles. The van der Waals surface area contributed by atoms with Gasteiger partial charge < -0.3 is 0 Å². The predicted octanol–water partition coefficient (Wildman–Crippen LogP) is 9.91. The summed E-state index contributed by atoms with van der Waals surface area (Å²) < 4.78 is 10.8. The Morgan fingerprint density at radius 2 is 0.792 bits per heavy atom. The molecule has 0 amide bonds. The van der Waals surface area contributed by atoms with Crippen LogP contribution in [0, 0.1) is 0 Å². The second-order valence-corrected chi connectivity index (χ2v) is 15.6. The van der Waals surface area contributed by atoms with Crippen molar-refractivity contribution in [1.29, 1.82) is 0 Å². The first kappa shape index (κ1) is 21.4. The van der Waals surface area contributed by atoms with Gasteiger partial charge in [0.25, 0.3) is 0 Å². The van der Waals surface area contributed by atoms with Crippen molar-refractivity contribution in [3.8, 4) is 11.5 Å². The maximum atomic E-state index is 6.14. The molecule has 2 aromatic carbocycles. The zero-order valence-electron chi connectivity index (χ0n) is 11.0. The predicted molar refractivity (Wildman–Crippen MR) is 109 cm³/mol. The van der Waals surface area contributed by atoms with E-state index in [9.17, 15) is 0 Å². The number of rotatable bonds is 4. The molecule has 0 aliphatic rings. The van der Waals surface area contributed by atoms with E-state index in [1.54, 1.807) is 0 Å². The first-order valence-electron chi connectivity index (χ1n) is 5.72. The van der Waals surface area contributed by atoms with Gasteiger partial charge in [0.15, 0.2) is 0 Å². The third kappa shape index (κ3) is 5.54. The van der Waals surface area contributed by atoms with E-state index in [0.717, 1.165) is 0 Å². The van der Waals surface area contributed by atoms with Gasteiger partial charge in [-0.2, -0.15) is 0 Å². The molecule has 24 heavy (non-hydrogen) atoms. The van der Waals surface area contributed by atoms with Gasteiger partial charge in [-0.05, 0) is 0 Å². The van der Waals surface area contributed by atoms with Crippen LogP contribution in [0.3, 0.4) is 0 Å². The van der Waals surface area contributed by atoms with Gasteiger partial charge in [-0.25, -0.2) is 0 Å². The van der Waals surface area contributed by atoms with Crippen LogP contribution in [0.15, 0.2) is 24.3 Å². The van der Waals surface area contributed by atoms with Crippen LogP contribution in [-0.2, 0) is 0 Å². The Balaban J connectivity index is 2.42. The minimum absolute atomic E-state index is 0.0281. The van der Waals surface area contributed by atoms with E-state index in [1.807, 2.05) is 0 Å². The first-order valence-corrected chi connectivity index (χ1v) is 12.8. The Hall–Kier alpha value is 1.08. The van der Waals surface area contributed by atoms with Crippen LogP contribution in [0.1, 0.15) is 0 Å². The van der Waals surface area contributed by atoms with Crippen molar-refractivity contribution in [3.63, 3.8) is 0 Å². The van der Waals surface area contributed by atoms with Crippen LogP contribution < -0.4 is 9.05 Å². The van der Waals surface area contributed by atoms with E-state index in [1.165, 1.54) is 24.3 Å². The molecule has 2 aromatic rings.